The Kier molecular flexibility index (Phi) is 5.85. The van der Waals surface area contributed by atoms with Gasteiger partial charge < -0.3 is 19.5 Å². The van der Waals surface area contributed by atoms with E-state index in [1.807, 2.05) is 18.7 Å². The Morgan fingerprint density at radius 1 is 1.20 bits per heavy atom. The van der Waals surface area contributed by atoms with E-state index in [2.05, 4.69) is 15.0 Å². The van der Waals surface area contributed by atoms with Crippen LogP contribution in [0.25, 0.3) is 0 Å². The van der Waals surface area contributed by atoms with Gasteiger partial charge in [0.2, 0.25) is 5.88 Å². The molecule has 4 rings (SSSR count). The average Bonchev–Trinajstić information content (AvgIpc) is 2.74. The van der Waals surface area contributed by atoms with Gasteiger partial charge >= 0.3 is 6.01 Å². The Bertz CT molecular complexity index is 878. The topological polar surface area (TPSA) is 97.7 Å². The predicted molar refractivity (Wildman–Crippen MR) is 109 cm³/mol. The van der Waals surface area contributed by atoms with E-state index in [0.717, 1.165) is 19.3 Å². The molecule has 8 heteroatoms. The molecule has 1 aliphatic carbocycles. The molecule has 2 aliphatic rings. The number of nitrogens with zero attached hydrogens (tertiary/aromatic N) is 4. The molecule has 2 bridgehead atoms. The fourth-order valence-electron chi connectivity index (χ4n) is 4.80. The van der Waals surface area contributed by atoms with E-state index in [-0.39, 0.29) is 23.8 Å². The number of aliphatic hydroxyl groups is 1. The third-order valence-corrected chi connectivity index (χ3v) is 6.14. The summed E-state index contributed by atoms with van der Waals surface area (Å²) >= 11 is 0. The first-order chi connectivity index (χ1) is 14.6. The zero-order chi connectivity index (χ0) is 21.1. The molecule has 2 fully saturated rings. The number of amides is 1. The number of piperidine rings is 1. The molecule has 160 valence electrons. The predicted octanol–water partition coefficient (Wildman–Crippen LogP) is 2.43. The molecule has 3 heterocycles. The Morgan fingerprint density at radius 2 is 1.93 bits per heavy atom. The second-order valence-corrected chi connectivity index (χ2v) is 7.84. The van der Waals surface area contributed by atoms with Crippen LogP contribution < -0.4 is 9.47 Å². The van der Waals surface area contributed by atoms with Crippen molar-refractivity contribution in [3.05, 3.63) is 41.9 Å². The average molecular weight is 412 g/mol. The van der Waals surface area contributed by atoms with Crippen LogP contribution in [0.15, 0.2) is 30.7 Å². The van der Waals surface area contributed by atoms with E-state index < -0.39 is 5.60 Å². The highest BCUT2D eigenvalue weighted by atomic mass is 16.5. The SMILES string of the molecule is CCOc1ncc(C2(O)C3CCCC2CN(C(=O)c2cccnc2)C3)c(OCC)n1. The van der Waals surface area contributed by atoms with Gasteiger partial charge in [-0.25, -0.2) is 4.98 Å². The zero-order valence-corrected chi connectivity index (χ0v) is 17.5. The van der Waals surface area contributed by atoms with Gasteiger partial charge in [-0.2, -0.15) is 4.98 Å². The first-order valence-electron chi connectivity index (χ1n) is 10.6. The van der Waals surface area contributed by atoms with Crippen molar-refractivity contribution in [1.29, 1.82) is 0 Å². The first-order valence-corrected chi connectivity index (χ1v) is 10.6. The van der Waals surface area contributed by atoms with Crippen LogP contribution >= 0.6 is 0 Å². The van der Waals surface area contributed by atoms with Crippen LogP contribution in [0.2, 0.25) is 0 Å². The highest BCUT2D eigenvalue weighted by Crippen LogP contribution is 2.51. The number of ether oxygens (including phenoxy) is 2. The Labute approximate surface area is 176 Å². The molecule has 0 radical (unpaired) electrons. The molecular formula is C22H28N4O4. The Morgan fingerprint density at radius 3 is 2.57 bits per heavy atom. The van der Waals surface area contributed by atoms with E-state index in [9.17, 15) is 9.90 Å². The number of carbonyl (C=O) groups is 1. The number of aromatic nitrogens is 3. The lowest BCUT2D eigenvalue weighted by molar-refractivity contribution is -0.141. The van der Waals surface area contributed by atoms with Crippen LogP contribution in [0.4, 0.5) is 0 Å². The number of fused-ring (bicyclic) bond motifs is 2. The normalized spacial score (nSPS) is 25.6. The molecule has 8 nitrogen and oxygen atoms in total. The van der Waals surface area contributed by atoms with Gasteiger partial charge in [0.05, 0.1) is 24.3 Å². The van der Waals surface area contributed by atoms with Gasteiger partial charge in [-0.15, -0.1) is 0 Å². The lowest BCUT2D eigenvalue weighted by atomic mass is 9.63. The first kappa shape index (κ1) is 20.5. The molecule has 0 aromatic carbocycles. The van der Waals surface area contributed by atoms with Gasteiger partial charge in [0.15, 0.2) is 0 Å². The molecule has 1 N–H and O–H groups in total. The molecule has 1 saturated heterocycles. The highest BCUT2D eigenvalue weighted by Gasteiger charge is 2.54. The molecule has 1 aliphatic heterocycles. The van der Waals surface area contributed by atoms with Crippen LogP contribution in [-0.2, 0) is 5.60 Å². The standard InChI is InChI=1S/C22H28N4O4/c1-3-29-19-18(12-24-21(25-19)30-4-2)22(28)16-8-5-9-17(22)14-26(13-16)20(27)15-7-6-10-23-11-15/h6-7,10-12,16-17,28H,3-5,8-9,13-14H2,1-2H3. The summed E-state index contributed by atoms with van der Waals surface area (Å²) in [5, 5.41) is 12.0. The second-order valence-electron chi connectivity index (χ2n) is 7.84. The molecule has 2 unspecified atom stereocenters. The summed E-state index contributed by atoms with van der Waals surface area (Å²) in [7, 11) is 0. The fourth-order valence-corrected chi connectivity index (χ4v) is 4.80. The summed E-state index contributed by atoms with van der Waals surface area (Å²) in [6.45, 7) is 5.56. The van der Waals surface area contributed by atoms with E-state index in [4.69, 9.17) is 9.47 Å². The zero-order valence-electron chi connectivity index (χ0n) is 17.5. The molecule has 1 amide bonds. The molecule has 2 atom stereocenters. The molecule has 2 aromatic heterocycles. The molecular weight excluding hydrogens is 384 g/mol. The van der Waals surface area contributed by atoms with Crippen molar-refractivity contribution in [3.63, 3.8) is 0 Å². The third kappa shape index (κ3) is 3.60. The van der Waals surface area contributed by atoms with Crippen LogP contribution in [0.1, 0.15) is 49.0 Å². The fraction of sp³-hybridized carbons (Fsp3) is 0.545. The number of likely N-dealkylation sites (tertiary alicyclic amines) is 1. The monoisotopic (exact) mass is 412 g/mol. The summed E-state index contributed by atoms with van der Waals surface area (Å²) in [5.74, 6) is 0.0788. The van der Waals surface area contributed by atoms with Crippen molar-refractivity contribution >= 4 is 5.91 Å². The van der Waals surface area contributed by atoms with E-state index in [0.29, 0.717) is 43.3 Å². The van der Waals surface area contributed by atoms with Crippen LogP contribution in [0.5, 0.6) is 11.9 Å². The van der Waals surface area contributed by atoms with Gasteiger partial charge in [-0.05, 0) is 38.8 Å². The van der Waals surface area contributed by atoms with E-state index >= 15 is 0 Å². The van der Waals surface area contributed by atoms with Crippen molar-refractivity contribution < 1.29 is 19.4 Å². The smallest absolute Gasteiger partial charge is 0.319 e. The van der Waals surface area contributed by atoms with Gasteiger partial charge in [0, 0.05) is 43.5 Å². The quantitative estimate of drug-likeness (QED) is 0.778. The van der Waals surface area contributed by atoms with E-state index in [1.165, 1.54) is 0 Å². The van der Waals surface area contributed by atoms with Crippen LogP contribution in [-0.4, -0.2) is 57.2 Å². The largest absolute Gasteiger partial charge is 0.478 e. The van der Waals surface area contributed by atoms with Crippen molar-refractivity contribution in [1.82, 2.24) is 19.9 Å². The van der Waals surface area contributed by atoms with Gasteiger partial charge in [0.25, 0.3) is 5.91 Å². The maximum absolute atomic E-state index is 13.0. The van der Waals surface area contributed by atoms with Crippen LogP contribution in [0, 0.1) is 11.8 Å². The van der Waals surface area contributed by atoms with Gasteiger partial charge in [-0.3, -0.25) is 9.78 Å². The molecule has 30 heavy (non-hydrogen) atoms. The molecule has 1 saturated carbocycles. The lowest BCUT2D eigenvalue weighted by Gasteiger charge is -2.53. The number of rotatable bonds is 6. The minimum atomic E-state index is -1.14. The van der Waals surface area contributed by atoms with Crippen molar-refractivity contribution in [3.8, 4) is 11.9 Å². The van der Waals surface area contributed by atoms with E-state index in [1.54, 1.807) is 30.7 Å². The summed E-state index contributed by atoms with van der Waals surface area (Å²) in [4.78, 5) is 27.6. The third-order valence-electron chi connectivity index (χ3n) is 6.14. The summed E-state index contributed by atoms with van der Waals surface area (Å²) < 4.78 is 11.2. The Balaban J connectivity index is 1.66. The van der Waals surface area contributed by atoms with Crippen LogP contribution in [0.3, 0.4) is 0 Å². The van der Waals surface area contributed by atoms with Crippen molar-refractivity contribution in [2.24, 2.45) is 11.8 Å². The number of hydrogen-bond donors (Lipinski definition) is 1. The maximum Gasteiger partial charge on any atom is 0.319 e. The van der Waals surface area contributed by atoms with Crippen molar-refractivity contribution in [2.45, 2.75) is 38.7 Å². The summed E-state index contributed by atoms with van der Waals surface area (Å²) in [5.41, 5.74) is 0.0237. The molecule has 2 aromatic rings. The summed E-state index contributed by atoms with van der Waals surface area (Å²) in [6.07, 6.45) is 7.54. The van der Waals surface area contributed by atoms with Gasteiger partial charge in [-0.1, -0.05) is 6.42 Å². The minimum Gasteiger partial charge on any atom is -0.478 e. The maximum atomic E-state index is 13.0. The number of hydrogen-bond acceptors (Lipinski definition) is 7. The highest BCUT2D eigenvalue weighted by molar-refractivity contribution is 5.94. The minimum absolute atomic E-state index is 0.0463. The van der Waals surface area contributed by atoms with Gasteiger partial charge in [0.1, 0.15) is 5.60 Å². The number of carbonyl (C=O) groups excluding carboxylic acids is 1. The Hall–Kier alpha value is -2.74. The molecule has 0 spiro atoms. The lowest BCUT2D eigenvalue weighted by Crippen LogP contribution is -2.59. The number of pyridine rings is 1. The van der Waals surface area contributed by atoms with Crippen molar-refractivity contribution in [2.75, 3.05) is 26.3 Å². The summed E-state index contributed by atoms with van der Waals surface area (Å²) in [6, 6.07) is 3.78. The second kappa shape index (κ2) is 8.55.